The quantitative estimate of drug-likeness (QED) is 0.866. The molecule has 26 heavy (non-hydrogen) atoms. The van der Waals surface area contributed by atoms with Crippen LogP contribution >= 0.6 is 0 Å². The maximum atomic E-state index is 12.5. The summed E-state index contributed by atoms with van der Waals surface area (Å²) in [6, 6.07) is 12.7. The molecule has 0 saturated carbocycles. The molecule has 1 heterocycles. The van der Waals surface area contributed by atoms with Gasteiger partial charge in [-0.3, -0.25) is 9.59 Å². The van der Waals surface area contributed by atoms with Crippen molar-refractivity contribution in [1.29, 1.82) is 0 Å². The van der Waals surface area contributed by atoms with Gasteiger partial charge in [0.05, 0.1) is 20.6 Å². The largest absolute Gasteiger partial charge is 0.497 e. The molecule has 2 aromatic carbocycles. The first-order valence-corrected chi connectivity index (χ1v) is 8.52. The average Bonchev–Trinajstić information content (AvgIpc) is 3.07. The predicted octanol–water partition coefficient (Wildman–Crippen LogP) is 3.01. The van der Waals surface area contributed by atoms with E-state index >= 15 is 0 Å². The van der Waals surface area contributed by atoms with Crippen LogP contribution in [0.25, 0.3) is 0 Å². The molecule has 0 radical (unpaired) electrons. The van der Waals surface area contributed by atoms with E-state index in [1.54, 1.807) is 37.3 Å². The zero-order chi connectivity index (χ0) is 18.5. The van der Waals surface area contributed by atoms with Crippen LogP contribution in [-0.4, -0.2) is 32.6 Å². The number of carbonyl (C=O) groups excluding carboxylic acids is 2. The van der Waals surface area contributed by atoms with E-state index in [9.17, 15) is 9.59 Å². The highest BCUT2D eigenvalue weighted by atomic mass is 16.5. The Bertz CT molecular complexity index is 819. The molecule has 0 atom stereocenters. The van der Waals surface area contributed by atoms with Crippen molar-refractivity contribution >= 4 is 23.2 Å². The highest BCUT2D eigenvalue weighted by molar-refractivity contribution is 5.97. The minimum absolute atomic E-state index is 0.120. The van der Waals surface area contributed by atoms with E-state index in [4.69, 9.17) is 9.47 Å². The summed E-state index contributed by atoms with van der Waals surface area (Å²) in [6.45, 7) is 0.719. The molecule has 0 aromatic heterocycles. The van der Waals surface area contributed by atoms with Crippen LogP contribution in [0.1, 0.15) is 18.4 Å². The minimum Gasteiger partial charge on any atom is -0.497 e. The van der Waals surface area contributed by atoms with Crippen molar-refractivity contribution in [3.05, 3.63) is 48.0 Å². The topological polar surface area (TPSA) is 67.9 Å². The number of nitrogens with one attached hydrogen (secondary N) is 1. The van der Waals surface area contributed by atoms with Crippen molar-refractivity contribution in [2.45, 2.75) is 19.3 Å². The Hall–Kier alpha value is -3.02. The molecule has 1 N–H and O–H groups in total. The number of hydrogen-bond donors (Lipinski definition) is 1. The summed E-state index contributed by atoms with van der Waals surface area (Å²) in [5.41, 5.74) is 2.22. The van der Waals surface area contributed by atoms with Crippen LogP contribution < -0.4 is 19.7 Å². The van der Waals surface area contributed by atoms with E-state index in [1.807, 2.05) is 24.3 Å². The molecular weight excluding hydrogens is 332 g/mol. The molecule has 0 spiro atoms. The van der Waals surface area contributed by atoms with Crippen LogP contribution in [0.3, 0.4) is 0 Å². The van der Waals surface area contributed by atoms with E-state index < -0.39 is 0 Å². The molecule has 1 saturated heterocycles. The van der Waals surface area contributed by atoms with Crippen LogP contribution in [0.2, 0.25) is 0 Å². The monoisotopic (exact) mass is 354 g/mol. The number of carbonyl (C=O) groups is 2. The molecular formula is C20H22N2O4. The van der Waals surface area contributed by atoms with E-state index in [-0.39, 0.29) is 18.2 Å². The standard InChI is InChI=1S/C20H22N2O4/c1-25-17-8-9-18(26-2)14(11-17)12-19(23)21-15-5-3-6-16(13-15)22-10-4-7-20(22)24/h3,5-6,8-9,11,13H,4,7,10,12H2,1-2H3,(H,21,23). The van der Waals surface area contributed by atoms with E-state index in [0.717, 1.165) is 24.2 Å². The first kappa shape index (κ1) is 17.8. The maximum Gasteiger partial charge on any atom is 0.228 e. The second-order valence-electron chi connectivity index (χ2n) is 6.10. The van der Waals surface area contributed by atoms with Gasteiger partial charge in [-0.05, 0) is 42.8 Å². The highest BCUT2D eigenvalue weighted by Gasteiger charge is 2.21. The van der Waals surface area contributed by atoms with Gasteiger partial charge in [-0.15, -0.1) is 0 Å². The maximum absolute atomic E-state index is 12.5. The summed E-state index contributed by atoms with van der Waals surface area (Å²) < 4.78 is 10.5. The van der Waals surface area contributed by atoms with Crippen molar-refractivity contribution in [1.82, 2.24) is 0 Å². The summed E-state index contributed by atoms with van der Waals surface area (Å²) in [4.78, 5) is 26.1. The van der Waals surface area contributed by atoms with Crippen LogP contribution in [0.4, 0.5) is 11.4 Å². The lowest BCUT2D eigenvalue weighted by Crippen LogP contribution is -2.23. The average molecular weight is 354 g/mol. The number of amides is 2. The van der Waals surface area contributed by atoms with Crippen LogP contribution in [-0.2, 0) is 16.0 Å². The van der Waals surface area contributed by atoms with Gasteiger partial charge in [0.15, 0.2) is 0 Å². The summed E-state index contributed by atoms with van der Waals surface area (Å²) in [7, 11) is 3.15. The number of anilines is 2. The van der Waals surface area contributed by atoms with Crippen molar-refractivity contribution in [2.75, 3.05) is 31.0 Å². The second kappa shape index (κ2) is 7.91. The van der Waals surface area contributed by atoms with Gasteiger partial charge in [-0.25, -0.2) is 0 Å². The van der Waals surface area contributed by atoms with Gasteiger partial charge < -0.3 is 19.7 Å². The highest BCUT2D eigenvalue weighted by Crippen LogP contribution is 2.26. The van der Waals surface area contributed by atoms with Crippen molar-refractivity contribution in [3.8, 4) is 11.5 Å². The lowest BCUT2D eigenvalue weighted by Gasteiger charge is -2.17. The zero-order valence-electron chi connectivity index (χ0n) is 15.0. The molecule has 6 heteroatoms. The summed E-state index contributed by atoms with van der Waals surface area (Å²) in [6.07, 6.45) is 1.60. The van der Waals surface area contributed by atoms with Crippen LogP contribution in [0, 0.1) is 0 Å². The number of methoxy groups -OCH3 is 2. The molecule has 136 valence electrons. The number of ether oxygens (including phenoxy) is 2. The third-order valence-electron chi connectivity index (χ3n) is 4.35. The van der Waals surface area contributed by atoms with Gasteiger partial charge in [0.2, 0.25) is 11.8 Å². The Morgan fingerprint density at radius 3 is 2.69 bits per heavy atom. The number of hydrogen-bond acceptors (Lipinski definition) is 4. The van der Waals surface area contributed by atoms with Crippen LogP contribution in [0.5, 0.6) is 11.5 Å². The molecule has 0 aliphatic carbocycles. The molecule has 0 bridgehead atoms. The number of benzene rings is 2. The van der Waals surface area contributed by atoms with E-state index in [1.165, 1.54) is 0 Å². The Morgan fingerprint density at radius 2 is 2.00 bits per heavy atom. The fourth-order valence-corrected chi connectivity index (χ4v) is 3.07. The SMILES string of the molecule is COc1ccc(OC)c(CC(=O)Nc2cccc(N3CCCC3=O)c2)c1. The number of rotatable bonds is 6. The first-order chi connectivity index (χ1) is 12.6. The Labute approximate surface area is 152 Å². The van der Waals surface area contributed by atoms with Gasteiger partial charge in [0, 0.05) is 29.9 Å². The van der Waals surface area contributed by atoms with Crippen LogP contribution in [0.15, 0.2) is 42.5 Å². The lowest BCUT2D eigenvalue weighted by molar-refractivity contribution is -0.117. The smallest absolute Gasteiger partial charge is 0.228 e. The molecule has 3 rings (SSSR count). The molecule has 2 aromatic rings. The summed E-state index contributed by atoms with van der Waals surface area (Å²) >= 11 is 0. The Kier molecular flexibility index (Phi) is 5.41. The van der Waals surface area contributed by atoms with Gasteiger partial charge in [0.1, 0.15) is 11.5 Å². The van der Waals surface area contributed by atoms with Gasteiger partial charge in [0.25, 0.3) is 0 Å². The molecule has 1 aliphatic heterocycles. The Balaban J connectivity index is 1.72. The minimum atomic E-state index is -0.165. The van der Waals surface area contributed by atoms with Gasteiger partial charge in [-0.2, -0.15) is 0 Å². The molecule has 6 nitrogen and oxygen atoms in total. The van der Waals surface area contributed by atoms with Crippen molar-refractivity contribution in [3.63, 3.8) is 0 Å². The third-order valence-corrected chi connectivity index (χ3v) is 4.35. The normalized spacial score (nSPS) is 13.6. The van der Waals surface area contributed by atoms with Crippen molar-refractivity contribution < 1.29 is 19.1 Å². The first-order valence-electron chi connectivity index (χ1n) is 8.52. The zero-order valence-corrected chi connectivity index (χ0v) is 15.0. The van der Waals surface area contributed by atoms with Gasteiger partial charge >= 0.3 is 0 Å². The Morgan fingerprint density at radius 1 is 1.15 bits per heavy atom. The fraction of sp³-hybridized carbons (Fsp3) is 0.300. The third kappa shape index (κ3) is 3.96. The number of nitrogens with zero attached hydrogens (tertiary/aromatic N) is 1. The summed E-state index contributed by atoms with van der Waals surface area (Å²) in [5.74, 6) is 1.26. The molecule has 0 unspecified atom stereocenters. The summed E-state index contributed by atoms with van der Waals surface area (Å²) in [5, 5.41) is 2.88. The molecule has 1 fully saturated rings. The van der Waals surface area contributed by atoms with E-state index in [0.29, 0.717) is 23.6 Å². The second-order valence-corrected chi connectivity index (χ2v) is 6.10. The predicted molar refractivity (Wildman–Crippen MR) is 99.9 cm³/mol. The molecule has 1 aliphatic rings. The lowest BCUT2D eigenvalue weighted by atomic mass is 10.1. The van der Waals surface area contributed by atoms with E-state index in [2.05, 4.69) is 5.32 Å². The fourth-order valence-electron chi connectivity index (χ4n) is 3.07. The molecule has 2 amide bonds. The van der Waals surface area contributed by atoms with Crippen molar-refractivity contribution in [2.24, 2.45) is 0 Å². The van der Waals surface area contributed by atoms with Gasteiger partial charge in [-0.1, -0.05) is 6.07 Å².